The highest BCUT2D eigenvalue weighted by atomic mass is 16.5. The summed E-state index contributed by atoms with van der Waals surface area (Å²) in [7, 11) is 1.47. The number of ketones is 2. The fourth-order valence-electron chi connectivity index (χ4n) is 15.6. The molecule has 13 heteroatoms. The topological polar surface area (TPSA) is 165 Å². The summed E-state index contributed by atoms with van der Waals surface area (Å²) in [6.07, 6.45) is 7.52. The van der Waals surface area contributed by atoms with E-state index in [4.69, 9.17) is 9.47 Å². The van der Waals surface area contributed by atoms with E-state index in [-0.39, 0.29) is 47.0 Å². The smallest absolute Gasteiger partial charge is 0.238 e. The van der Waals surface area contributed by atoms with E-state index in [1.54, 1.807) is 48.5 Å². The number of imide groups is 3. The molecule has 0 aromatic heterocycles. The second-order valence-corrected chi connectivity index (χ2v) is 24.0. The predicted molar refractivity (Wildman–Crippen MR) is 300 cm³/mol. The zero-order valence-corrected chi connectivity index (χ0v) is 45.4. The summed E-state index contributed by atoms with van der Waals surface area (Å²) >= 11 is 0. The highest BCUT2D eigenvalue weighted by Gasteiger charge is 2.70. The first-order valence-corrected chi connectivity index (χ1v) is 27.9. The number of anilines is 2. The molecule has 0 radical (unpaired) electrons. The predicted octanol–water partition coefficient (Wildman–Crippen LogP) is 10.4. The maximum atomic E-state index is 14.4. The number of ether oxygens (including phenoxy) is 2. The lowest BCUT2D eigenvalue weighted by Crippen LogP contribution is -2.50. The summed E-state index contributed by atoms with van der Waals surface area (Å²) < 4.78 is 12.5. The molecule has 3 aliphatic heterocycles. The third-order valence-corrected chi connectivity index (χ3v) is 19.5. The number of nitrogens with zero attached hydrogens (tertiary/aromatic N) is 3. The van der Waals surface area contributed by atoms with E-state index < -0.39 is 82.3 Å². The van der Waals surface area contributed by atoms with Gasteiger partial charge in [0.15, 0.2) is 11.6 Å². The second-order valence-electron chi connectivity index (χ2n) is 24.0. The molecule has 4 bridgehead atoms. The number of rotatable bonds is 10. The monoisotopic (exact) mass is 1080 g/mol. The van der Waals surface area contributed by atoms with E-state index in [0.717, 1.165) is 38.3 Å². The van der Waals surface area contributed by atoms with Gasteiger partial charge in [-0.25, -0.2) is 0 Å². The lowest BCUT2D eigenvalue weighted by atomic mass is 9.54. The Balaban J connectivity index is 0.603. The van der Waals surface area contributed by atoms with Gasteiger partial charge in [-0.3, -0.25) is 53.1 Å². The van der Waals surface area contributed by atoms with Crippen molar-refractivity contribution >= 4 is 58.4 Å². The molecule has 10 aliphatic rings. The molecule has 12 unspecified atom stereocenters. The fraction of sp³-hybridized carbons (Fsp3) is 0.294. The average Bonchev–Trinajstić information content (AvgIpc) is 3.97. The zero-order valence-electron chi connectivity index (χ0n) is 45.4. The van der Waals surface area contributed by atoms with Gasteiger partial charge in [-0.1, -0.05) is 104 Å². The minimum Gasteiger partial charge on any atom is -0.457 e. The van der Waals surface area contributed by atoms with Gasteiger partial charge in [0.2, 0.25) is 35.4 Å². The molecular formula is C68H57N3O10. The molecule has 3 saturated heterocycles. The maximum Gasteiger partial charge on any atom is 0.238 e. The molecule has 6 aromatic rings. The first-order chi connectivity index (χ1) is 38.9. The van der Waals surface area contributed by atoms with Crippen molar-refractivity contribution in [3.63, 3.8) is 0 Å². The van der Waals surface area contributed by atoms with E-state index in [1.165, 1.54) is 22.4 Å². The van der Waals surface area contributed by atoms with E-state index in [1.807, 2.05) is 98.0 Å². The second kappa shape index (κ2) is 18.1. The molecule has 3 saturated carbocycles. The molecular weight excluding hydrogens is 1020 g/mol. The number of hydrogen-bond donors (Lipinski definition) is 0. The van der Waals surface area contributed by atoms with Crippen LogP contribution in [0.1, 0.15) is 53.1 Å². The van der Waals surface area contributed by atoms with Crippen LogP contribution in [-0.2, 0) is 43.8 Å². The number of allylic oxidation sites excluding steroid dienone is 4. The van der Waals surface area contributed by atoms with E-state index in [0.29, 0.717) is 39.9 Å². The van der Waals surface area contributed by atoms with Crippen LogP contribution in [0.3, 0.4) is 0 Å². The first-order valence-electron chi connectivity index (χ1n) is 27.9. The minimum absolute atomic E-state index is 0.202. The van der Waals surface area contributed by atoms with Crippen LogP contribution in [0, 0.1) is 91.8 Å². The Morgan fingerprint density at radius 1 is 0.383 bits per heavy atom. The lowest BCUT2D eigenvalue weighted by Gasteiger charge is -2.45. The summed E-state index contributed by atoms with van der Waals surface area (Å²) in [5.74, 6) is -8.55. The van der Waals surface area contributed by atoms with Crippen LogP contribution >= 0.6 is 0 Å². The third-order valence-electron chi connectivity index (χ3n) is 19.5. The van der Waals surface area contributed by atoms with Crippen LogP contribution < -0.4 is 19.3 Å². The van der Waals surface area contributed by atoms with Crippen molar-refractivity contribution in [2.45, 2.75) is 46.0 Å². The van der Waals surface area contributed by atoms with Gasteiger partial charge in [-0.15, -0.1) is 0 Å². The minimum atomic E-state index is -0.998. The molecule has 6 amide bonds. The number of hydrogen-bond acceptors (Lipinski definition) is 10. The largest absolute Gasteiger partial charge is 0.457 e. The van der Waals surface area contributed by atoms with E-state index >= 15 is 0 Å². The fourth-order valence-corrected chi connectivity index (χ4v) is 15.6. The van der Waals surface area contributed by atoms with E-state index in [9.17, 15) is 38.4 Å². The van der Waals surface area contributed by atoms with Crippen molar-refractivity contribution in [1.29, 1.82) is 0 Å². The molecule has 0 spiro atoms. The van der Waals surface area contributed by atoms with Crippen LogP contribution in [0.4, 0.5) is 11.4 Å². The zero-order chi connectivity index (χ0) is 56.2. The SMILES string of the molecule is Cc1ccc(-c2ccc(N3C(=O)C4C5C=CC(C6C(=O)C(c7ccc(Oc8ccc(C(C)(C)c9ccc(Oc%10ccc(N%11C(=O)C%12C%13C=CC(C%14C(=O)N(C)C(=O)C%13%14)C%12C%11=O)cc%10)cc9)cc8)cc7)C(=O)C56)C4C3=O)cc2C)c(C)c1. The van der Waals surface area contributed by atoms with Crippen molar-refractivity contribution in [3.8, 4) is 34.1 Å². The quantitative estimate of drug-likeness (QED) is 0.0732. The standard InChI is InChI=1S/C68H57N3O10/c1-33-7-25-45(34(2)31-33)46-26-16-40(32-35(46)3)71-66(78)56-47-27-28-48(57(56)67(71)79)53-52(47)60(72)51(61(53)73)36-8-17-41(18-9-36)80-42-19-10-37(11-20-42)68(4,5)38-12-21-43(22-13-38)81-44-23-14-39(15-24-44)70-64(76)58-49-29-30-50(59(58)65(70)77)55-54(49)62(74)69(6)63(55)75/h7-32,47-59H,1-6H3. The molecule has 12 atom stereocenters. The molecule has 81 heavy (non-hydrogen) atoms. The number of carbonyl (C=O) groups excluding carboxylic acids is 8. The number of likely N-dealkylation sites (tertiary alicyclic amines) is 1. The van der Waals surface area contributed by atoms with Gasteiger partial charge in [-0.05, 0) is 144 Å². The molecule has 7 aliphatic carbocycles. The van der Waals surface area contributed by atoms with Gasteiger partial charge in [0, 0.05) is 36.1 Å². The van der Waals surface area contributed by atoms with Crippen LogP contribution in [0.15, 0.2) is 158 Å². The molecule has 3 heterocycles. The number of amides is 6. The Hall–Kier alpha value is -8.84. The molecule has 6 aromatic carbocycles. The molecule has 0 N–H and O–H groups in total. The average molecular weight is 1080 g/mol. The van der Waals surface area contributed by atoms with Crippen molar-refractivity contribution in [2.24, 2.45) is 71.0 Å². The normalized spacial score (nSPS) is 29.5. The van der Waals surface area contributed by atoms with Gasteiger partial charge < -0.3 is 9.47 Å². The summed E-state index contributed by atoms with van der Waals surface area (Å²) in [5.41, 5.74) is 8.52. The summed E-state index contributed by atoms with van der Waals surface area (Å²) in [5, 5.41) is 0. The highest BCUT2D eigenvalue weighted by molar-refractivity contribution is 6.25. The molecule has 16 rings (SSSR count). The van der Waals surface area contributed by atoms with Crippen LogP contribution in [0.2, 0.25) is 0 Å². The maximum absolute atomic E-state index is 14.4. The number of benzene rings is 6. The Morgan fingerprint density at radius 3 is 1.15 bits per heavy atom. The molecule has 13 nitrogen and oxygen atoms in total. The Kier molecular flexibility index (Phi) is 11.3. The Bertz CT molecular complexity index is 3740. The first kappa shape index (κ1) is 50.4. The Morgan fingerprint density at radius 2 is 0.728 bits per heavy atom. The van der Waals surface area contributed by atoms with Crippen molar-refractivity contribution in [3.05, 3.63) is 191 Å². The van der Waals surface area contributed by atoms with Gasteiger partial charge in [-0.2, -0.15) is 0 Å². The Labute approximate surface area is 468 Å². The number of carbonyl (C=O) groups is 8. The van der Waals surface area contributed by atoms with Crippen LogP contribution in [-0.4, -0.2) is 59.0 Å². The summed E-state index contributed by atoms with van der Waals surface area (Å²) in [6.45, 7) is 10.4. The van der Waals surface area contributed by atoms with Gasteiger partial charge in [0.25, 0.3) is 0 Å². The van der Waals surface area contributed by atoms with Crippen LogP contribution in [0.5, 0.6) is 23.0 Å². The van der Waals surface area contributed by atoms with Crippen molar-refractivity contribution in [2.75, 3.05) is 16.8 Å². The van der Waals surface area contributed by atoms with Gasteiger partial charge in [0.1, 0.15) is 28.9 Å². The number of Topliss-reactive ketones (excluding diaryl/α,β-unsaturated/α-hetero) is 2. The van der Waals surface area contributed by atoms with E-state index in [2.05, 4.69) is 45.9 Å². The van der Waals surface area contributed by atoms with Crippen molar-refractivity contribution < 1.29 is 47.8 Å². The van der Waals surface area contributed by atoms with Gasteiger partial charge in [0.05, 0.1) is 46.9 Å². The third kappa shape index (κ3) is 7.35. The summed E-state index contributed by atoms with van der Waals surface area (Å²) in [6, 6.07) is 41.4. The van der Waals surface area contributed by atoms with Gasteiger partial charge >= 0.3 is 0 Å². The molecule has 6 fully saturated rings. The van der Waals surface area contributed by atoms with Crippen molar-refractivity contribution in [1.82, 2.24) is 4.90 Å². The number of aryl methyl sites for hydroxylation is 3. The molecule has 404 valence electrons. The summed E-state index contributed by atoms with van der Waals surface area (Å²) in [4.78, 5) is 115. The van der Waals surface area contributed by atoms with Crippen LogP contribution in [0.25, 0.3) is 11.1 Å². The lowest BCUT2D eigenvalue weighted by molar-refractivity contribution is -0.138. The highest BCUT2D eigenvalue weighted by Crippen LogP contribution is 2.61.